The number of nitrogens with one attached hydrogen (secondary N) is 2. The fraction of sp³-hybridized carbons (Fsp3) is 0.273. The lowest BCUT2D eigenvalue weighted by atomic mass is 10.1. The van der Waals surface area contributed by atoms with Crippen LogP contribution in [-0.4, -0.2) is 33.2 Å². The molecule has 0 unspecified atom stereocenters. The zero-order chi connectivity index (χ0) is 21.4. The van der Waals surface area contributed by atoms with Crippen molar-refractivity contribution in [3.8, 4) is 17.1 Å². The first-order valence-corrected chi connectivity index (χ1v) is 10.2. The van der Waals surface area contributed by atoms with E-state index in [1.165, 1.54) is 12.1 Å². The van der Waals surface area contributed by atoms with E-state index in [2.05, 4.69) is 20.8 Å². The van der Waals surface area contributed by atoms with Gasteiger partial charge < -0.3 is 19.9 Å². The fourth-order valence-corrected chi connectivity index (χ4v) is 3.89. The van der Waals surface area contributed by atoms with Crippen LogP contribution in [0.2, 0.25) is 0 Å². The van der Waals surface area contributed by atoms with E-state index < -0.39 is 5.82 Å². The molecule has 0 saturated carbocycles. The number of nitrogens with zero attached hydrogens (tertiary/aromatic N) is 3. The summed E-state index contributed by atoms with van der Waals surface area (Å²) in [5.74, 6) is 0.749. The first-order chi connectivity index (χ1) is 15.1. The summed E-state index contributed by atoms with van der Waals surface area (Å²) in [6, 6.07) is 9.16. The highest BCUT2D eigenvalue weighted by Gasteiger charge is 2.21. The molecule has 2 N–H and O–H groups in total. The van der Waals surface area contributed by atoms with Crippen LogP contribution in [0.25, 0.3) is 11.4 Å². The molecule has 0 saturated heterocycles. The van der Waals surface area contributed by atoms with E-state index in [0.717, 1.165) is 38.1 Å². The van der Waals surface area contributed by atoms with Gasteiger partial charge in [0.05, 0.1) is 11.3 Å². The lowest BCUT2D eigenvalue weighted by Gasteiger charge is -2.18. The third kappa shape index (κ3) is 3.74. The molecule has 9 heteroatoms. The molecule has 1 aromatic heterocycles. The number of carbonyl (C=O) groups excluding carboxylic acids is 2. The Morgan fingerprint density at radius 3 is 2.94 bits per heavy atom. The molecule has 0 spiro atoms. The third-order valence-electron chi connectivity index (χ3n) is 5.45. The number of hydrogen-bond donors (Lipinski definition) is 2. The Hall–Kier alpha value is -3.75. The van der Waals surface area contributed by atoms with Gasteiger partial charge in [-0.2, -0.15) is 0 Å². The average Bonchev–Trinajstić information content (AvgIpc) is 3.02. The van der Waals surface area contributed by atoms with Crippen LogP contribution >= 0.6 is 0 Å². The van der Waals surface area contributed by atoms with E-state index in [1.807, 2.05) is 4.57 Å². The number of aryl methyl sites for hydroxylation is 1. The Balaban J connectivity index is 1.41. The number of fused-ring (bicyclic) bond motifs is 2. The molecule has 0 aliphatic carbocycles. The third-order valence-corrected chi connectivity index (χ3v) is 5.45. The number of benzene rings is 2. The van der Waals surface area contributed by atoms with Gasteiger partial charge in [-0.25, -0.2) is 4.39 Å². The molecule has 0 radical (unpaired) electrons. The summed E-state index contributed by atoms with van der Waals surface area (Å²) >= 11 is 0. The minimum Gasteiger partial charge on any atom is -0.482 e. The van der Waals surface area contributed by atoms with Gasteiger partial charge in [0.2, 0.25) is 0 Å². The van der Waals surface area contributed by atoms with Gasteiger partial charge in [0.1, 0.15) is 17.4 Å². The molecule has 2 aromatic carbocycles. The van der Waals surface area contributed by atoms with Crippen molar-refractivity contribution in [2.45, 2.75) is 32.2 Å². The van der Waals surface area contributed by atoms with Crippen molar-refractivity contribution >= 4 is 23.2 Å². The molecule has 31 heavy (non-hydrogen) atoms. The summed E-state index contributed by atoms with van der Waals surface area (Å²) in [4.78, 5) is 24.3. The summed E-state index contributed by atoms with van der Waals surface area (Å²) in [5, 5.41) is 13.9. The second-order valence-electron chi connectivity index (χ2n) is 7.60. The Kier molecular flexibility index (Phi) is 4.85. The van der Waals surface area contributed by atoms with Crippen molar-refractivity contribution in [2.24, 2.45) is 0 Å². The fourth-order valence-electron chi connectivity index (χ4n) is 3.89. The zero-order valence-electron chi connectivity index (χ0n) is 16.7. The van der Waals surface area contributed by atoms with Crippen molar-refractivity contribution in [1.29, 1.82) is 0 Å². The topological polar surface area (TPSA) is 98.1 Å². The monoisotopic (exact) mass is 421 g/mol. The predicted molar refractivity (Wildman–Crippen MR) is 111 cm³/mol. The second kappa shape index (κ2) is 7.82. The Labute approximate surface area is 177 Å². The molecular formula is C22H20FN5O3. The molecule has 158 valence electrons. The van der Waals surface area contributed by atoms with Gasteiger partial charge in [-0.05, 0) is 49.2 Å². The second-order valence-corrected chi connectivity index (χ2v) is 7.60. The number of ether oxygens (including phenoxy) is 1. The van der Waals surface area contributed by atoms with Gasteiger partial charge in [-0.15, -0.1) is 10.2 Å². The molecular weight excluding hydrogens is 401 g/mol. The molecule has 0 fully saturated rings. The summed E-state index contributed by atoms with van der Waals surface area (Å²) in [7, 11) is 0. The summed E-state index contributed by atoms with van der Waals surface area (Å²) in [6.07, 6.45) is 3.97. The number of halogens is 1. The van der Waals surface area contributed by atoms with E-state index in [9.17, 15) is 14.0 Å². The summed E-state index contributed by atoms with van der Waals surface area (Å²) in [6.45, 7) is 0.694. The molecule has 2 amide bonds. The number of carbonyl (C=O) groups is 2. The molecule has 3 heterocycles. The quantitative estimate of drug-likeness (QED) is 0.676. The molecule has 5 rings (SSSR count). The standard InChI is InChI=1S/C22H20FN5O3/c23-16-7-6-14(11-15(16)21-27-26-19-4-2-1-3-9-28(19)21)24-22(30)13-5-8-18-17(10-13)25-20(29)12-31-18/h5-8,10-11H,1-4,9,12H2,(H,24,30)(H,25,29). The van der Waals surface area contributed by atoms with Crippen molar-refractivity contribution in [1.82, 2.24) is 14.8 Å². The smallest absolute Gasteiger partial charge is 0.262 e. The van der Waals surface area contributed by atoms with Crippen LogP contribution in [0.5, 0.6) is 5.75 Å². The van der Waals surface area contributed by atoms with Crippen LogP contribution in [0, 0.1) is 5.82 Å². The van der Waals surface area contributed by atoms with Gasteiger partial charge in [0, 0.05) is 24.2 Å². The van der Waals surface area contributed by atoms with Crippen molar-refractivity contribution in [3.05, 3.63) is 53.6 Å². The molecule has 2 aliphatic heterocycles. The zero-order valence-corrected chi connectivity index (χ0v) is 16.7. The van der Waals surface area contributed by atoms with Crippen LogP contribution in [0.1, 0.15) is 35.4 Å². The van der Waals surface area contributed by atoms with Crippen molar-refractivity contribution in [3.63, 3.8) is 0 Å². The number of aromatic nitrogens is 3. The first-order valence-electron chi connectivity index (χ1n) is 10.2. The largest absolute Gasteiger partial charge is 0.482 e. The molecule has 8 nitrogen and oxygen atoms in total. The maximum Gasteiger partial charge on any atom is 0.262 e. The maximum atomic E-state index is 14.6. The molecule has 0 bridgehead atoms. The van der Waals surface area contributed by atoms with Gasteiger partial charge in [-0.1, -0.05) is 6.42 Å². The van der Waals surface area contributed by atoms with Gasteiger partial charge >= 0.3 is 0 Å². The Morgan fingerprint density at radius 1 is 1.13 bits per heavy atom. The lowest BCUT2D eigenvalue weighted by Crippen LogP contribution is -2.25. The lowest BCUT2D eigenvalue weighted by molar-refractivity contribution is -0.118. The first kappa shape index (κ1) is 19.2. The van der Waals surface area contributed by atoms with Crippen LogP contribution in [-0.2, 0) is 17.8 Å². The SMILES string of the molecule is O=C1COc2ccc(C(=O)Nc3ccc(F)c(-c4nnc5n4CCCCC5)c3)cc2N1. The van der Waals surface area contributed by atoms with Crippen LogP contribution in [0.3, 0.4) is 0 Å². The van der Waals surface area contributed by atoms with E-state index >= 15 is 0 Å². The van der Waals surface area contributed by atoms with Gasteiger partial charge in [0.25, 0.3) is 11.8 Å². The summed E-state index contributed by atoms with van der Waals surface area (Å²) < 4.78 is 21.9. The number of anilines is 2. The highest BCUT2D eigenvalue weighted by Crippen LogP contribution is 2.30. The Morgan fingerprint density at radius 2 is 2.03 bits per heavy atom. The normalized spacial score (nSPS) is 15.2. The maximum absolute atomic E-state index is 14.6. The predicted octanol–water partition coefficient (Wildman–Crippen LogP) is 3.39. The van der Waals surface area contributed by atoms with Gasteiger partial charge in [0.15, 0.2) is 12.4 Å². The average molecular weight is 421 g/mol. The Bertz CT molecular complexity index is 1190. The van der Waals surface area contributed by atoms with Crippen LogP contribution in [0.4, 0.5) is 15.8 Å². The van der Waals surface area contributed by atoms with E-state index in [-0.39, 0.29) is 18.4 Å². The number of rotatable bonds is 3. The minimum absolute atomic E-state index is 0.0523. The number of hydrogen-bond acceptors (Lipinski definition) is 5. The number of amides is 2. The highest BCUT2D eigenvalue weighted by atomic mass is 19.1. The molecule has 3 aromatic rings. The molecule has 2 aliphatic rings. The highest BCUT2D eigenvalue weighted by molar-refractivity contribution is 6.06. The van der Waals surface area contributed by atoms with E-state index in [4.69, 9.17) is 4.74 Å². The van der Waals surface area contributed by atoms with Crippen molar-refractivity contribution < 1.29 is 18.7 Å². The van der Waals surface area contributed by atoms with E-state index in [0.29, 0.717) is 34.1 Å². The minimum atomic E-state index is -0.425. The van der Waals surface area contributed by atoms with Crippen LogP contribution < -0.4 is 15.4 Å². The molecule has 0 atom stereocenters. The van der Waals surface area contributed by atoms with Gasteiger partial charge in [-0.3, -0.25) is 9.59 Å². The van der Waals surface area contributed by atoms with Crippen LogP contribution in [0.15, 0.2) is 36.4 Å². The van der Waals surface area contributed by atoms with E-state index in [1.54, 1.807) is 24.3 Å². The summed E-state index contributed by atoms with van der Waals surface area (Å²) in [5.41, 5.74) is 1.51. The van der Waals surface area contributed by atoms with Crippen molar-refractivity contribution in [2.75, 3.05) is 17.2 Å².